The maximum absolute atomic E-state index is 12.0. The third-order valence-corrected chi connectivity index (χ3v) is 3.39. The van der Waals surface area contributed by atoms with E-state index in [4.69, 9.17) is 4.74 Å². The molecule has 0 aliphatic carbocycles. The van der Waals surface area contributed by atoms with Crippen LogP contribution in [0, 0.1) is 12.8 Å². The summed E-state index contributed by atoms with van der Waals surface area (Å²) in [6.45, 7) is 1.91. The fourth-order valence-corrected chi connectivity index (χ4v) is 2.60. The van der Waals surface area contributed by atoms with Crippen LogP contribution in [0.25, 0.3) is 0 Å². The number of aromatic amines is 1. The highest BCUT2D eigenvalue weighted by atomic mass is 16.5. The van der Waals surface area contributed by atoms with E-state index < -0.39 is 0 Å². The Hall–Kier alpha value is -1.36. The van der Waals surface area contributed by atoms with E-state index in [1.54, 1.807) is 6.20 Å². The zero-order chi connectivity index (χ0) is 11.1. The van der Waals surface area contributed by atoms with Crippen molar-refractivity contribution in [2.24, 2.45) is 5.92 Å². The van der Waals surface area contributed by atoms with Gasteiger partial charge in [-0.05, 0) is 26.2 Å². The van der Waals surface area contributed by atoms with Gasteiger partial charge in [0.25, 0.3) is 0 Å². The second-order valence-electron chi connectivity index (χ2n) is 4.62. The fraction of sp³-hybridized carbons (Fsp3) is 0.636. The molecule has 1 aromatic rings. The minimum absolute atomic E-state index is 0.00385. The minimum Gasteiger partial charge on any atom is -0.374 e. The van der Waals surface area contributed by atoms with Gasteiger partial charge in [0.15, 0.2) is 0 Å². The minimum atomic E-state index is 0.00385. The predicted molar refractivity (Wildman–Crippen MR) is 58.0 cm³/mol. The average Bonchev–Trinajstić information content (AvgIpc) is 2.93. The number of amides is 1. The van der Waals surface area contributed by atoms with Crippen LogP contribution in [0.2, 0.25) is 0 Å². The van der Waals surface area contributed by atoms with Gasteiger partial charge in [0, 0.05) is 11.9 Å². The highest BCUT2D eigenvalue weighted by molar-refractivity contribution is 5.91. The predicted octanol–water partition coefficient (Wildman–Crippen LogP) is 1.22. The standard InChI is InChI=1S/C11H15N3O2/c1-6-5-12-11(13-6)14-10(15)8-4-7-2-3-9(8)16-7/h5,7-9H,2-4H2,1H3,(H2,12,13,14,15)/t7-,8+,9-/m1/s1. The number of hydrogen-bond donors (Lipinski definition) is 2. The molecule has 0 aromatic carbocycles. The van der Waals surface area contributed by atoms with Crippen molar-refractivity contribution in [1.29, 1.82) is 0 Å². The van der Waals surface area contributed by atoms with Crippen LogP contribution in [0.3, 0.4) is 0 Å². The number of anilines is 1. The highest BCUT2D eigenvalue weighted by Gasteiger charge is 2.44. The summed E-state index contributed by atoms with van der Waals surface area (Å²) in [5.74, 6) is 0.566. The zero-order valence-electron chi connectivity index (χ0n) is 9.19. The third kappa shape index (κ3) is 1.61. The van der Waals surface area contributed by atoms with Crippen molar-refractivity contribution in [3.63, 3.8) is 0 Å². The van der Waals surface area contributed by atoms with Gasteiger partial charge >= 0.3 is 0 Å². The first kappa shape index (κ1) is 9.84. The second kappa shape index (κ2) is 3.59. The Balaban J connectivity index is 1.65. The molecule has 0 saturated carbocycles. The molecule has 2 aliphatic rings. The van der Waals surface area contributed by atoms with Gasteiger partial charge in [-0.3, -0.25) is 10.1 Å². The number of aryl methyl sites for hydroxylation is 1. The SMILES string of the molecule is Cc1cnc(NC(=O)[C@H]2C[C@H]3CC[C@H]2O3)[nH]1. The van der Waals surface area contributed by atoms with Crippen molar-refractivity contribution >= 4 is 11.9 Å². The summed E-state index contributed by atoms with van der Waals surface area (Å²) in [6, 6.07) is 0. The van der Waals surface area contributed by atoms with E-state index >= 15 is 0 Å². The van der Waals surface area contributed by atoms with Crippen molar-refractivity contribution in [3.8, 4) is 0 Å². The monoisotopic (exact) mass is 221 g/mol. The lowest BCUT2D eigenvalue weighted by molar-refractivity contribution is -0.121. The van der Waals surface area contributed by atoms with Gasteiger partial charge in [-0.1, -0.05) is 0 Å². The molecule has 3 atom stereocenters. The topological polar surface area (TPSA) is 67.0 Å². The van der Waals surface area contributed by atoms with Gasteiger partial charge in [0.1, 0.15) is 0 Å². The number of carbonyl (C=O) groups excluding carboxylic acids is 1. The molecule has 2 N–H and O–H groups in total. The second-order valence-corrected chi connectivity index (χ2v) is 4.62. The molecule has 16 heavy (non-hydrogen) atoms. The van der Waals surface area contributed by atoms with Gasteiger partial charge in [0.2, 0.25) is 11.9 Å². The number of hydrogen-bond acceptors (Lipinski definition) is 3. The van der Waals surface area contributed by atoms with Crippen molar-refractivity contribution < 1.29 is 9.53 Å². The smallest absolute Gasteiger partial charge is 0.232 e. The first-order valence-electron chi connectivity index (χ1n) is 5.70. The van der Waals surface area contributed by atoms with E-state index in [1.165, 1.54) is 0 Å². The molecular weight excluding hydrogens is 206 g/mol. The molecule has 1 amide bonds. The van der Waals surface area contributed by atoms with Crippen LogP contribution in [0.4, 0.5) is 5.95 Å². The molecule has 1 aromatic heterocycles. The quantitative estimate of drug-likeness (QED) is 0.789. The Kier molecular flexibility index (Phi) is 2.21. The fourth-order valence-electron chi connectivity index (χ4n) is 2.60. The van der Waals surface area contributed by atoms with Crippen LogP contribution in [0.15, 0.2) is 6.20 Å². The van der Waals surface area contributed by atoms with Gasteiger partial charge in [-0.25, -0.2) is 4.98 Å². The summed E-state index contributed by atoms with van der Waals surface area (Å²) in [6.07, 6.45) is 5.11. The van der Waals surface area contributed by atoms with E-state index in [-0.39, 0.29) is 17.9 Å². The van der Waals surface area contributed by atoms with E-state index in [9.17, 15) is 4.79 Å². The Morgan fingerprint density at radius 2 is 2.50 bits per heavy atom. The summed E-state index contributed by atoms with van der Waals surface area (Å²) < 4.78 is 5.66. The number of fused-ring (bicyclic) bond motifs is 2. The van der Waals surface area contributed by atoms with Crippen LogP contribution in [0.5, 0.6) is 0 Å². The number of nitrogens with zero attached hydrogens (tertiary/aromatic N) is 1. The van der Waals surface area contributed by atoms with Crippen molar-refractivity contribution in [3.05, 3.63) is 11.9 Å². The summed E-state index contributed by atoms with van der Waals surface area (Å²) in [4.78, 5) is 19.0. The maximum Gasteiger partial charge on any atom is 0.232 e. The largest absolute Gasteiger partial charge is 0.374 e. The summed E-state index contributed by atoms with van der Waals surface area (Å²) >= 11 is 0. The normalized spacial score (nSPS) is 31.9. The number of H-pyrrole nitrogens is 1. The molecule has 3 heterocycles. The molecule has 5 nitrogen and oxygen atoms in total. The molecule has 86 valence electrons. The van der Waals surface area contributed by atoms with Crippen molar-refractivity contribution in [2.45, 2.75) is 38.4 Å². The van der Waals surface area contributed by atoms with Crippen LogP contribution in [0.1, 0.15) is 25.0 Å². The zero-order valence-corrected chi connectivity index (χ0v) is 9.19. The van der Waals surface area contributed by atoms with Gasteiger partial charge in [0.05, 0.1) is 18.1 Å². The molecule has 2 saturated heterocycles. The molecule has 0 unspecified atom stereocenters. The van der Waals surface area contributed by atoms with Gasteiger partial charge < -0.3 is 9.72 Å². The summed E-state index contributed by atoms with van der Waals surface area (Å²) in [5, 5.41) is 2.80. The maximum atomic E-state index is 12.0. The Bertz CT molecular complexity index is 415. The first-order valence-corrected chi connectivity index (χ1v) is 5.70. The molecule has 0 radical (unpaired) electrons. The molecule has 2 fully saturated rings. The summed E-state index contributed by atoms with van der Waals surface area (Å²) in [7, 11) is 0. The lowest BCUT2D eigenvalue weighted by Crippen LogP contribution is -2.30. The molecular formula is C11H15N3O2. The highest BCUT2D eigenvalue weighted by Crippen LogP contribution is 2.39. The van der Waals surface area contributed by atoms with E-state index in [0.29, 0.717) is 12.1 Å². The van der Waals surface area contributed by atoms with E-state index in [2.05, 4.69) is 15.3 Å². The molecule has 0 spiro atoms. The lowest BCUT2D eigenvalue weighted by Gasteiger charge is -2.16. The van der Waals surface area contributed by atoms with E-state index in [0.717, 1.165) is 25.0 Å². The Morgan fingerprint density at radius 3 is 3.06 bits per heavy atom. The number of ether oxygens (including phenoxy) is 1. The number of rotatable bonds is 2. The van der Waals surface area contributed by atoms with Crippen molar-refractivity contribution in [2.75, 3.05) is 5.32 Å². The molecule has 2 bridgehead atoms. The number of imidazole rings is 1. The summed E-state index contributed by atoms with van der Waals surface area (Å²) in [5.41, 5.74) is 0.944. The van der Waals surface area contributed by atoms with Gasteiger partial charge in [-0.15, -0.1) is 0 Å². The van der Waals surface area contributed by atoms with Crippen LogP contribution < -0.4 is 5.32 Å². The van der Waals surface area contributed by atoms with Crippen LogP contribution in [-0.2, 0) is 9.53 Å². The first-order chi connectivity index (χ1) is 7.72. The molecule has 2 aliphatic heterocycles. The van der Waals surface area contributed by atoms with Crippen molar-refractivity contribution in [1.82, 2.24) is 9.97 Å². The average molecular weight is 221 g/mol. The molecule has 3 rings (SSSR count). The Labute approximate surface area is 93.6 Å². The lowest BCUT2D eigenvalue weighted by atomic mass is 9.89. The Morgan fingerprint density at radius 1 is 1.62 bits per heavy atom. The number of aromatic nitrogens is 2. The van der Waals surface area contributed by atoms with E-state index in [1.807, 2.05) is 6.92 Å². The number of carbonyl (C=O) groups is 1. The van der Waals surface area contributed by atoms with Crippen LogP contribution in [-0.4, -0.2) is 28.1 Å². The molecule has 5 heteroatoms. The van der Waals surface area contributed by atoms with Gasteiger partial charge in [-0.2, -0.15) is 0 Å². The van der Waals surface area contributed by atoms with Crippen LogP contribution >= 0.6 is 0 Å². The number of nitrogens with one attached hydrogen (secondary N) is 2. The third-order valence-electron chi connectivity index (χ3n) is 3.39.